The number of carboxylic acid groups (broad SMARTS) is 1. The van der Waals surface area contributed by atoms with E-state index in [1.807, 2.05) is 41.1 Å². The van der Waals surface area contributed by atoms with E-state index in [4.69, 9.17) is 9.84 Å². The van der Waals surface area contributed by atoms with E-state index in [-0.39, 0.29) is 13.2 Å². The molecular weight excluding hydrogens is 274 g/mol. The summed E-state index contributed by atoms with van der Waals surface area (Å²) in [5.74, 6) is 6.80. The summed E-state index contributed by atoms with van der Waals surface area (Å²) in [5, 5.41) is 14.6. The van der Waals surface area contributed by atoms with Crippen LogP contribution in [0.1, 0.15) is 11.1 Å². The molecule has 0 radical (unpaired) electrons. The minimum absolute atomic E-state index is 0.250. The second-order valence-electron chi connectivity index (χ2n) is 3.87. The van der Waals surface area contributed by atoms with Gasteiger partial charge in [-0.1, -0.05) is 17.9 Å². The maximum atomic E-state index is 10.3. The molecule has 20 heavy (non-hydrogen) atoms. The maximum absolute atomic E-state index is 10.3. The predicted molar refractivity (Wildman–Crippen MR) is 78.3 cm³/mol. The zero-order chi connectivity index (χ0) is 14.2. The van der Waals surface area contributed by atoms with Crippen molar-refractivity contribution < 1.29 is 14.6 Å². The highest BCUT2D eigenvalue weighted by Gasteiger charge is 1.97. The fourth-order valence-corrected chi connectivity index (χ4v) is 2.06. The van der Waals surface area contributed by atoms with Crippen LogP contribution in [0, 0.1) is 11.8 Å². The van der Waals surface area contributed by atoms with Crippen LogP contribution < -0.4 is 10.1 Å². The quantitative estimate of drug-likeness (QED) is 0.671. The van der Waals surface area contributed by atoms with Gasteiger partial charge in [0, 0.05) is 16.5 Å². The highest BCUT2D eigenvalue weighted by Crippen LogP contribution is 2.12. The normalized spacial score (nSPS) is 9.40. The van der Waals surface area contributed by atoms with Crippen molar-refractivity contribution in [2.45, 2.75) is 0 Å². The summed E-state index contributed by atoms with van der Waals surface area (Å²) in [6.07, 6.45) is -1.05. The lowest BCUT2D eigenvalue weighted by molar-refractivity contribution is 0.191. The van der Waals surface area contributed by atoms with Crippen molar-refractivity contribution in [1.29, 1.82) is 0 Å². The van der Waals surface area contributed by atoms with Gasteiger partial charge in [-0.3, -0.25) is 0 Å². The number of hydrogen-bond donors (Lipinski definition) is 2. The molecule has 0 fully saturated rings. The summed E-state index contributed by atoms with van der Waals surface area (Å²) in [5.41, 5.74) is 1.85. The summed E-state index contributed by atoms with van der Waals surface area (Å²) in [4.78, 5) is 10.3. The Morgan fingerprint density at radius 2 is 2.15 bits per heavy atom. The summed E-state index contributed by atoms with van der Waals surface area (Å²) >= 11 is 1.61. The molecule has 0 aliphatic heterocycles. The Morgan fingerprint density at radius 1 is 1.30 bits per heavy atom. The molecule has 0 unspecified atom stereocenters. The van der Waals surface area contributed by atoms with Gasteiger partial charge in [0.2, 0.25) is 0 Å². The molecule has 2 aromatic rings. The van der Waals surface area contributed by atoms with Crippen molar-refractivity contribution in [3.63, 3.8) is 0 Å². The number of amides is 1. The number of rotatable bonds is 4. The fraction of sp³-hybridized carbons (Fsp3) is 0.133. The van der Waals surface area contributed by atoms with Crippen LogP contribution in [0.5, 0.6) is 5.75 Å². The van der Waals surface area contributed by atoms with Crippen molar-refractivity contribution in [3.8, 4) is 17.6 Å². The molecular formula is C15H13NO3S. The van der Waals surface area contributed by atoms with Gasteiger partial charge in [-0.05, 0) is 29.6 Å². The lowest BCUT2D eigenvalue weighted by Crippen LogP contribution is -2.26. The Labute approximate surface area is 121 Å². The third-order valence-electron chi connectivity index (χ3n) is 2.35. The molecule has 4 nitrogen and oxygen atoms in total. The first kappa shape index (κ1) is 14.0. The molecule has 0 aliphatic rings. The third-order valence-corrected chi connectivity index (χ3v) is 3.04. The predicted octanol–water partition coefficient (Wildman–Crippen LogP) is 2.79. The molecule has 1 amide bonds. The average molecular weight is 287 g/mol. The van der Waals surface area contributed by atoms with Crippen LogP contribution in [0.25, 0.3) is 0 Å². The number of benzene rings is 1. The first-order valence-corrected chi connectivity index (χ1v) is 6.92. The van der Waals surface area contributed by atoms with Crippen LogP contribution in [0.2, 0.25) is 0 Å². The van der Waals surface area contributed by atoms with E-state index >= 15 is 0 Å². The lowest BCUT2D eigenvalue weighted by Gasteiger charge is -2.06. The van der Waals surface area contributed by atoms with Crippen LogP contribution in [0.3, 0.4) is 0 Å². The molecule has 0 bridgehead atoms. The van der Waals surface area contributed by atoms with Gasteiger partial charge in [0.15, 0.2) is 0 Å². The fourth-order valence-electron chi connectivity index (χ4n) is 1.47. The van der Waals surface area contributed by atoms with Gasteiger partial charge in [0.1, 0.15) is 12.4 Å². The largest absolute Gasteiger partial charge is 0.492 e. The van der Waals surface area contributed by atoms with Gasteiger partial charge in [-0.15, -0.1) is 0 Å². The lowest BCUT2D eigenvalue weighted by atomic mass is 10.2. The monoisotopic (exact) mass is 287 g/mol. The SMILES string of the molecule is O=C(O)NCCOc1cccc(C#Cc2ccsc2)c1. The second kappa shape index (κ2) is 7.22. The Morgan fingerprint density at radius 3 is 2.90 bits per heavy atom. The van der Waals surface area contributed by atoms with Gasteiger partial charge in [-0.25, -0.2) is 4.79 Å². The van der Waals surface area contributed by atoms with E-state index in [0.29, 0.717) is 5.75 Å². The number of nitrogens with one attached hydrogen (secondary N) is 1. The molecule has 0 atom stereocenters. The molecule has 5 heteroatoms. The Hall–Kier alpha value is -2.45. The number of thiophene rings is 1. The van der Waals surface area contributed by atoms with Gasteiger partial charge < -0.3 is 15.2 Å². The molecule has 102 valence electrons. The zero-order valence-electron chi connectivity index (χ0n) is 10.6. The third kappa shape index (κ3) is 4.67. The molecule has 0 spiro atoms. The van der Waals surface area contributed by atoms with Gasteiger partial charge in [0.05, 0.1) is 6.54 Å². The summed E-state index contributed by atoms with van der Waals surface area (Å²) < 4.78 is 5.44. The van der Waals surface area contributed by atoms with Crippen molar-refractivity contribution >= 4 is 17.4 Å². The minimum Gasteiger partial charge on any atom is -0.492 e. The van der Waals surface area contributed by atoms with E-state index in [1.54, 1.807) is 11.3 Å². The molecule has 0 aliphatic carbocycles. The first-order valence-electron chi connectivity index (χ1n) is 5.98. The zero-order valence-corrected chi connectivity index (χ0v) is 11.4. The summed E-state index contributed by atoms with van der Waals surface area (Å²) in [6.45, 7) is 0.536. The highest BCUT2D eigenvalue weighted by atomic mass is 32.1. The van der Waals surface area contributed by atoms with Crippen molar-refractivity contribution in [1.82, 2.24) is 5.32 Å². The molecule has 1 aromatic heterocycles. The smallest absolute Gasteiger partial charge is 0.404 e. The average Bonchev–Trinajstić information content (AvgIpc) is 2.95. The van der Waals surface area contributed by atoms with Gasteiger partial charge in [0.25, 0.3) is 0 Å². The first-order chi connectivity index (χ1) is 9.74. The minimum atomic E-state index is -1.05. The van der Waals surface area contributed by atoms with E-state index in [1.165, 1.54) is 0 Å². The van der Waals surface area contributed by atoms with Crippen molar-refractivity contribution in [2.24, 2.45) is 0 Å². The number of carbonyl (C=O) groups is 1. The Bertz CT molecular complexity index is 626. The van der Waals surface area contributed by atoms with E-state index < -0.39 is 6.09 Å². The van der Waals surface area contributed by atoms with Crippen LogP contribution in [-0.2, 0) is 0 Å². The molecule has 0 saturated heterocycles. The standard InChI is InChI=1S/C15H13NO3S/c17-15(18)16-7-8-19-14-3-1-2-12(10-14)4-5-13-6-9-20-11-13/h1-3,6,9-11,16H,7-8H2,(H,17,18). The second-order valence-corrected chi connectivity index (χ2v) is 4.65. The van der Waals surface area contributed by atoms with E-state index in [9.17, 15) is 4.79 Å². The van der Waals surface area contributed by atoms with Crippen molar-refractivity contribution in [2.75, 3.05) is 13.2 Å². The van der Waals surface area contributed by atoms with Crippen LogP contribution in [-0.4, -0.2) is 24.4 Å². The Balaban J connectivity index is 1.92. The summed E-state index contributed by atoms with van der Waals surface area (Å²) in [7, 11) is 0. The summed E-state index contributed by atoms with van der Waals surface area (Å²) in [6, 6.07) is 9.38. The molecule has 0 saturated carbocycles. The highest BCUT2D eigenvalue weighted by molar-refractivity contribution is 7.08. The number of hydrogen-bond acceptors (Lipinski definition) is 3. The van der Waals surface area contributed by atoms with E-state index in [2.05, 4.69) is 17.2 Å². The van der Waals surface area contributed by atoms with E-state index in [0.717, 1.165) is 11.1 Å². The van der Waals surface area contributed by atoms with Gasteiger partial charge in [-0.2, -0.15) is 11.3 Å². The molecule has 2 rings (SSSR count). The van der Waals surface area contributed by atoms with Crippen molar-refractivity contribution in [3.05, 3.63) is 52.2 Å². The molecule has 2 N–H and O–H groups in total. The maximum Gasteiger partial charge on any atom is 0.404 e. The van der Waals surface area contributed by atoms with Crippen LogP contribution >= 0.6 is 11.3 Å². The van der Waals surface area contributed by atoms with Gasteiger partial charge >= 0.3 is 6.09 Å². The van der Waals surface area contributed by atoms with Crippen LogP contribution in [0.4, 0.5) is 4.79 Å². The molecule has 1 heterocycles. The molecule has 1 aromatic carbocycles. The Kier molecular flexibility index (Phi) is 5.04. The number of ether oxygens (including phenoxy) is 1. The topological polar surface area (TPSA) is 58.6 Å². The van der Waals surface area contributed by atoms with Crippen LogP contribution in [0.15, 0.2) is 41.1 Å².